The number of carbonyl (C=O) groups excluding carboxylic acids is 1. The van der Waals surface area contributed by atoms with E-state index in [1.165, 1.54) is 19.9 Å². The first kappa shape index (κ1) is 15.9. The number of rotatable bonds is 3. The molecule has 1 aromatic rings. The second-order valence-electron chi connectivity index (χ2n) is 6.17. The SMILES string of the molecule is CN(C)S(=O)(=O)N1C[C@@H]2CC[C@H](C1)N(C(=O)c1ccsc1)C2. The molecule has 0 spiro atoms. The summed E-state index contributed by atoms with van der Waals surface area (Å²) in [6.45, 7) is 1.55. The van der Waals surface area contributed by atoms with Gasteiger partial charge in [0.1, 0.15) is 0 Å². The van der Waals surface area contributed by atoms with Crippen molar-refractivity contribution in [2.24, 2.45) is 5.92 Å². The zero-order valence-electron chi connectivity index (χ0n) is 12.8. The summed E-state index contributed by atoms with van der Waals surface area (Å²) >= 11 is 1.51. The molecule has 1 aromatic heterocycles. The van der Waals surface area contributed by atoms with E-state index in [1.807, 2.05) is 21.7 Å². The molecule has 3 aliphatic rings. The van der Waals surface area contributed by atoms with Crippen LogP contribution in [0.5, 0.6) is 0 Å². The Morgan fingerprint density at radius 1 is 1.27 bits per heavy atom. The van der Waals surface area contributed by atoms with Crippen LogP contribution in [0.4, 0.5) is 0 Å². The highest BCUT2D eigenvalue weighted by Gasteiger charge is 2.41. The van der Waals surface area contributed by atoms with Crippen molar-refractivity contribution in [2.45, 2.75) is 18.9 Å². The lowest BCUT2D eigenvalue weighted by molar-refractivity contribution is 0.0589. The van der Waals surface area contributed by atoms with Crippen molar-refractivity contribution < 1.29 is 13.2 Å². The monoisotopic (exact) mass is 343 g/mol. The lowest BCUT2D eigenvalue weighted by Gasteiger charge is -2.36. The van der Waals surface area contributed by atoms with Crippen LogP contribution in [-0.4, -0.2) is 67.6 Å². The fraction of sp³-hybridized carbons (Fsp3) is 0.643. The van der Waals surface area contributed by atoms with E-state index in [1.54, 1.807) is 14.1 Å². The van der Waals surface area contributed by atoms with E-state index in [4.69, 9.17) is 0 Å². The molecule has 2 bridgehead atoms. The van der Waals surface area contributed by atoms with Crippen LogP contribution in [0, 0.1) is 5.92 Å². The van der Waals surface area contributed by atoms with Crippen LogP contribution < -0.4 is 0 Å². The highest BCUT2D eigenvalue weighted by atomic mass is 32.2. The van der Waals surface area contributed by atoms with Crippen molar-refractivity contribution in [1.82, 2.24) is 13.5 Å². The molecule has 6 nitrogen and oxygen atoms in total. The Morgan fingerprint density at radius 2 is 2.05 bits per heavy atom. The van der Waals surface area contributed by atoms with Gasteiger partial charge in [-0.25, -0.2) is 0 Å². The second-order valence-corrected chi connectivity index (χ2v) is 9.10. The number of amides is 1. The molecule has 2 atom stereocenters. The number of piperidine rings is 1. The molecule has 3 aliphatic heterocycles. The largest absolute Gasteiger partial charge is 0.334 e. The van der Waals surface area contributed by atoms with Crippen molar-refractivity contribution in [3.63, 3.8) is 0 Å². The molecular weight excluding hydrogens is 322 g/mol. The average molecular weight is 343 g/mol. The van der Waals surface area contributed by atoms with E-state index in [0.29, 0.717) is 25.2 Å². The fourth-order valence-electron chi connectivity index (χ4n) is 3.26. The third-order valence-corrected chi connectivity index (χ3v) is 7.05. The summed E-state index contributed by atoms with van der Waals surface area (Å²) in [5, 5.41) is 3.75. The maximum absolute atomic E-state index is 12.6. The van der Waals surface area contributed by atoms with Crippen molar-refractivity contribution >= 4 is 27.5 Å². The standard InChI is InChI=1S/C14H21N3O3S2/c1-15(2)22(19,20)16-7-11-3-4-13(9-16)17(8-11)14(18)12-5-6-21-10-12/h5-6,10-11,13H,3-4,7-9H2,1-2H3/t11-,13+/m0/s1. The first-order valence-electron chi connectivity index (χ1n) is 7.40. The summed E-state index contributed by atoms with van der Waals surface area (Å²) in [6.07, 6.45) is 1.86. The van der Waals surface area contributed by atoms with Crippen LogP contribution in [-0.2, 0) is 10.2 Å². The highest BCUT2D eigenvalue weighted by Crippen LogP contribution is 2.31. The predicted molar refractivity (Wildman–Crippen MR) is 86.0 cm³/mol. The summed E-state index contributed by atoms with van der Waals surface area (Å²) < 4.78 is 27.6. The Labute approximate surface area is 135 Å². The lowest BCUT2D eigenvalue weighted by atomic mass is 9.94. The topological polar surface area (TPSA) is 60.9 Å². The minimum Gasteiger partial charge on any atom is -0.334 e. The minimum absolute atomic E-state index is 0.0270. The van der Waals surface area contributed by atoms with E-state index in [9.17, 15) is 13.2 Å². The van der Waals surface area contributed by atoms with Gasteiger partial charge in [-0.3, -0.25) is 4.79 Å². The average Bonchev–Trinajstić information content (AvgIpc) is 2.85. The molecule has 4 rings (SSSR count). The third-order valence-electron chi connectivity index (χ3n) is 4.50. The van der Waals surface area contributed by atoms with Crippen LogP contribution in [0.15, 0.2) is 16.8 Å². The smallest absolute Gasteiger partial charge is 0.281 e. The molecule has 4 heterocycles. The summed E-state index contributed by atoms with van der Waals surface area (Å²) in [4.78, 5) is 14.5. The van der Waals surface area contributed by atoms with Gasteiger partial charge in [0.2, 0.25) is 0 Å². The number of carbonyl (C=O) groups is 1. The minimum atomic E-state index is -3.42. The first-order chi connectivity index (χ1) is 10.4. The predicted octanol–water partition coefficient (Wildman–Crippen LogP) is 1.09. The number of nitrogens with zero attached hydrogens (tertiary/aromatic N) is 3. The summed E-state index contributed by atoms with van der Waals surface area (Å²) in [7, 11) is -0.317. The molecule has 0 unspecified atom stereocenters. The second kappa shape index (κ2) is 5.92. The molecular formula is C14H21N3O3S2. The molecule has 1 amide bonds. The summed E-state index contributed by atoms with van der Waals surface area (Å²) in [5.41, 5.74) is 0.708. The Balaban J connectivity index is 1.84. The van der Waals surface area contributed by atoms with Gasteiger partial charge in [0.25, 0.3) is 16.1 Å². The number of hydrogen-bond acceptors (Lipinski definition) is 4. The quantitative estimate of drug-likeness (QED) is 0.825. The van der Waals surface area contributed by atoms with Gasteiger partial charge in [-0.15, -0.1) is 0 Å². The van der Waals surface area contributed by atoms with Crippen LogP contribution in [0.3, 0.4) is 0 Å². The molecule has 0 aromatic carbocycles. The summed E-state index contributed by atoms with van der Waals surface area (Å²) in [6, 6.07) is 1.81. The molecule has 0 N–H and O–H groups in total. The van der Waals surface area contributed by atoms with Gasteiger partial charge in [-0.2, -0.15) is 28.4 Å². The van der Waals surface area contributed by atoms with Crippen molar-refractivity contribution in [3.05, 3.63) is 22.4 Å². The molecule has 3 saturated heterocycles. The van der Waals surface area contributed by atoms with Crippen molar-refractivity contribution in [1.29, 1.82) is 0 Å². The molecule has 22 heavy (non-hydrogen) atoms. The molecule has 0 aliphatic carbocycles. The molecule has 3 fully saturated rings. The molecule has 0 saturated carbocycles. The van der Waals surface area contributed by atoms with Crippen molar-refractivity contribution in [2.75, 3.05) is 33.7 Å². The Bertz CT molecular complexity index is 642. The summed E-state index contributed by atoms with van der Waals surface area (Å²) in [5.74, 6) is 0.246. The van der Waals surface area contributed by atoms with Crippen LogP contribution in [0.25, 0.3) is 0 Å². The maximum atomic E-state index is 12.6. The first-order valence-corrected chi connectivity index (χ1v) is 9.74. The zero-order chi connectivity index (χ0) is 15.9. The molecule has 8 heteroatoms. The van der Waals surface area contributed by atoms with Gasteiger partial charge in [0, 0.05) is 45.2 Å². The van der Waals surface area contributed by atoms with Crippen LogP contribution in [0.1, 0.15) is 23.2 Å². The van der Waals surface area contributed by atoms with E-state index in [0.717, 1.165) is 12.8 Å². The Kier molecular flexibility index (Phi) is 4.28. The number of fused-ring (bicyclic) bond motifs is 4. The van der Waals surface area contributed by atoms with Crippen LogP contribution in [0.2, 0.25) is 0 Å². The van der Waals surface area contributed by atoms with Gasteiger partial charge in [-0.05, 0) is 30.2 Å². The fourth-order valence-corrected chi connectivity index (χ4v) is 5.11. The van der Waals surface area contributed by atoms with E-state index >= 15 is 0 Å². The Morgan fingerprint density at radius 3 is 2.68 bits per heavy atom. The Hall–Kier alpha value is -0.960. The van der Waals surface area contributed by atoms with Gasteiger partial charge in [0.15, 0.2) is 0 Å². The zero-order valence-corrected chi connectivity index (χ0v) is 14.4. The van der Waals surface area contributed by atoms with Gasteiger partial charge < -0.3 is 4.90 Å². The number of hydrogen-bond donors (Lipinski definition) is 0. The van der Waals surface area contributed by atoms with E-state index in [-0.39, 0.29) is 17.9 Å². The van der Waals surface area contributed by atoms with Gasteiger partial charge >= 0.3 is 0 Å². The van der Waals surface area contributed by atoms with Gasteiger partial charge in [0.05, 0.1) is 5.56 Å². The molecule has 0 radical (unpaired) electrons. The number of thiophene rings is 1. The maximum Gasteiger partial charge on any atom is 0.281 e. The van der Waals surface area contributed by atoms with Gasteiger partial charge in [-0.1, -0.05) is 0 Å². The van der Waals surface area contributed by atoms with Crippen molar-refractivity contribution in [3.8, 4) is 0 Å². The third kappa shape index (κ3) is 2.80. The van der Waals surface area contributed by atoms with Crippen LogP contribution >= 0.6 is 11.3 Å². The highest BCUT2D eigenvalue weighted by molar-refractivity contribution is 7.86. The molecule has 122 valence electrons. The lowest BCUT2D eigenvalue weighted by Crippen LogP contribution is -2.48. The van der Waals surface area contributed by atoms with E-state index < -0.39 is 10.2 Å². The van der Waals surface area contributed by atoms with E-state index in [2.05, 4.69) is 0 Å². The normalized spacial score (nSPS) is 26.4.